The summed E-state index contributed by atoms with van der Waals surface area (Å²) in [6.07, 6.45) is 3.04. The van der Waals surface area contributed by atoms with Gasteiger partial charge >= 0.3 is 0 Å². The Morgan fingerprint density at radius 3 is 2.46 bits per heavy atom. The largest absolute Gasteiger partial charge is 0.360 e. The molecule has 0 saturated heterocycles. The van der Waals surface area contributed by atoms with Crippen LogP contribution in [0.5, 0.6) is 0 Å². The number of benzene rings is 1. The predicted octanol–water partition coefficient (Wildman–Crippen LogP) is 3.57. The van der Waals surface area contributed by atoms with Crippen molar-refractivity contribution in [1.82, 2.24) is 20.0 Å². The molecule has 26 heavy (non-hydrogen) atoms. The highest BCUT2D eigenvalue weighted by molar-refractivity contribution is 5.93. The third-order valence-electron chi connectivity index (χ3n) is 3.85. The molecule has 3 aromatic rings. The van der Waals surface area contributed by atoms with Crippen molar-refractivity contribution in [3.63, 3.8) is 0 Å². The van der Waals surface area contributed by atoms with E-state index in [0.717, 1.165) is 5.56 Å². The van der Waals surface area contributed by atoms with Gasteiger partial charge in [0.05, 0.1) is 5.56 Å². The second-order valence-corrected chi connectivity index (χ2v) is 6.26. The molecule has 2 aromatic heterocycles. The monoisotopic (exact) mass is 351 g/mol. The van der Waals surface area contributed by atoms with E-state index < -0.39 is 0 Å². The highest BCUT2D eigenvalue weighted by Gasteiger charge is 2.20. The Labute approximate surface area is 152 Å². The van der Waals surface area contributed by atoms with Crippen LogP contribution in [0.4, 0.5) is 11.8 Å². The van der Waals surface area contributed by atoms with E-state index in [-0.39, 0.29) is 11.9 Å². The first-order chi connectivity index (χ1) is 12.5. The molecule has 1 N–H and O–H groups in total. The lowest BCUT2D eigenvalue weighted by molar-refractivity contribution is 0.0689. The number of amides is 1. The maximum Gasteiger partial charge on any atom is 0.257 e. The fourth-order valence-corrected chi connectivity index (χ4v) is 2.48. The lowest BCUT2D eigenvalue weighted by Gasteiger charge is -2.26. The van der Waals surface area contributed by atoms with E-state index in [0.29, 0.717) is 29.6 Å². The minimum absolute atomic E-state index is 0.0543. The normalized spacial score (nSPS) is 10.8. The molecule has 0 fully saturated rings. The van der Waals surface area contributed by atoms with Gasteiger partial charge < -0.3 is 14.7 Å². The summed E-state index contributed by atoms with van der Waals surface area (Å²) in [5.41, 5.74) is 1.52. The second-order valence-electron chi connectivity index (χ2n) is 6.26. The molecule has 0 radical (unpaired) electrons. The Bertz CT molecular complexity index is 859. The molecule has 0 atom stereocenters. The van der Waals surface area contributed by atoms with E-state index in [4.69, 9.17) is 4.52 Å². The molecule has 0 saturated carbocycles. The Hall–Kier alpha value is -3.22. The van der Waals surface area contributed by atoms with Gasteiger partial charge in [-0.3, -0.25) is 4.79 Å². The number of anilines is 2. The lowest BCUT2D eigenvalue weighted by Crippen LogP contribution is -2.36. The van der Waals surface area contributed by atoms with Crippen molar-refractivity contribution in [2.24, 2.45) is 0 Å². The van der Waals surface area contributed by atoms with Gasteiger partial charge in [0.2, 0.25) is 5.95 Å². The summed E-state index contributed by atoms with van der Waals surface area (Å²) in [6, 6.07) is 11.7. The Kier molecular flexibility index (Phi) is 5.26. The maximum absolute atomic E-state index is 12.9. The van der Waals surface area contributed by atoms with Gasteiger partial charge in [-0.15, -0.1) is 0 Å². The van der Waals surface area contributed by atoms with Gasteiger partial charge in [-0.05, 0) is 26.3 Å². The van der Waals surface area contributed by atoms with Gasteiger partial charge in [0, 0.05) is 31.0 Å². The maximum atomic E-state index is 12.9. The van der Waals surface area contributed by atoms with Crippen LogP contribution in [0.2, 0.25) is 0 Å². The Balaban J connectivity index is 1.72. The number of hydrogen-bond donors (Lipinski definition) is 1. The van der Waals surface area contributed by atoms with Crippen molar-refractivity contribution >= 4 is 17.7 Å². The van der Waals surface area contributed by atoms with Crippen molar-refractivity contribution in [2.45, 2.75) is 33.4 Å². The zero-order chi connectivity index (χ0) is 18.5. The predicted molar refractivity (Wildman–Crippen MR) is 98.0 cm³/mol. The van der Waals surface area contributed by atoms with Crippen molar-refractivity contribution in [3.05, 3.63) is 65.7 Å². The first-order valence-electron chi connectivity index (χ1n) is 8.40. The van der Waals surface area contributed by atoms with Crippen LogP contribution in [0.1, 0.15) is 35.5 Å². The number of carbonyl (C=O) groups is 1. The number of nitrogens with zero attached hydrogens (tertiary/aromatic N) is 4. The Morgan fingerprint density at radius 1 is 1.19 bits per heavy atom. The van der Waals surface area contributed by atoms with Gasteiger partial charge in [-0.2, -0.15) is 0 Å². The molecule has 0 unspecified atom stereocenters. The topological polar surface area (TPSA) is 84.2 Å². The van der Waals surface area contributed by atoms with E-state index in [1.54, 1.807) is 17.9 Å². The fourth-order valence-electron chi connectivity index (χ4n) is 2.48. The Morgan fingerprint density at radius 2 is 1.88 bits per heavy atom. The van der Waals surface area contributed by atoms with Gasteiger partial charge in [0.15, 0.2) is 5.82 Å². The van der Waals surface area contributed by atoms with Crippen LogP contribution in [-0.4, -0.2) is 32.0 Å². The van der Waals surface area contributed by atoms with Crippen molar-refractivity contribution in [2.75, 3.05) is 5.32 Å². The van der Waals surface area contributed by atoms with Crippen molar-refractivity contribution in [3.8, 4) is 0 Å². The number of rotatable bonds is 6. The SMILES string of the molecule is Cc1cc(Nc2ncc(C(=O)N(Cc3ccccc3)C(C)C)cn2)no1. The van der Waals surface area contributed by atoms with Crippen LogP contribution < -0.4 is 5.32 Å². The summed E-state index contributed by atoms with van der Waals surface area (Å²) in [6.45, 7) is 6.32. The lowest BCUT2D eigenvalue weighted by atomic mass is 10.1. The van der Waals surface area contributed by atoms with Crippen LogP contribution in [-0.2, 0) is 6.54 Å². The van der Waals surface area contributed by atoms with Gasteiger partial charge in [0.1, 0.15) is 5.76 Å². The summed E-state index contributed by atoms with van der Waals surface area (Å²) in [5, 5.41) is 6.76. The molecule has 0 aliphatic rings. The molecule has 0 bridgehead atoms. The van der Waals surface area contributed by atoms with Crippen LogP contribution in [0.3, 0.4) is 0 Å². The van der Waals surface area contributed by atoms with E-state index in [1.165, 1.54) is 12.4 Å². The molecule has 2 heterocycles. The standard InChI is InChI=1S/C19H21N5O2/c1-13(2)24(12-15-7-5-4-6-8-15)18(25)16-10-20-19(21-11-16)22-17-9-14(3)26-23-17/h4-11,13H,12H2,1-3H3,(H,20,21,22,23). The van der Waals surface area contributed by atoms with Crippen LogP contribution in [0.15, 0.2) is 53.3 Å². The average Bonchev–Trinajstić information content (AvgIpc) is 3.05. The minimum Gasteiger partial charge on any atom is -0.360 e. The molecule has 0 aliphatic heterocycles. The average molecular weight is 351 g/mol. The summed E-state index contributed by atoms with van der Waals surface area (Å²) < 4.78 is 4.98. The van der Waals surface area contributed by atoms with E-state index >= 15 is 0 Å². The summed E-state index contributed by atoms with van der Waals surface area (Å²) >= 11 is 0. The zero-order valence-corrected chi connectivity index (χ0v) is 15.0. The molecule has 1 aromatic carbocycles. The quantitative estimate of drug-likeness (QED) is 0.731. The van der Waals surface area contributed by atoms with Gasteiger partial charge in [-0.25, -0.2) is 9.97 Å². The number of aryl methyl sites for hydroxylation is 1. The van der Waals surface area contributed by atoms with E-state index in [1.807, 2.05) is 44.2 Å². The number of aromatic nitrogens is 3. The highest BCUT2D eigenvalue weighted by atomic mass is 16.5. The molecule has 1 amide bonds. The van der Waals surface area contributed by atoms with Gasteiger partial charge in [-0.1, -0.05) is 35.5 Å². The molecule has 3 rings (SSSR count). The fraction of sp³-hybridized carbons (Fsp3) is 0.263. The first kappa shape index (κ1) is 17.6. The van der Waals surface area contributed by atoms with E-state index in [9.17, 15) is 4.79 Å². The second kappa shape index (κ2) is 7.77. The first-order valence-corrected chi connectivity index (χ1v) is 8.40. The highest BCUT2D eigenvalue weighted by Crippen LogP contribution is 2.15. The molecular formula is C19H21N5O2. The minimum atomic E-state index is -0.104. The molecular weight excluding hydrogens is 330 g/mol. The molecule has 0 aliphatic carbocycles. The zero-order valence-electron chi connectivity index (χ0n) is 15.0. The summed E-state index contributed by atoms with van der Waals surface area (Å²) in [4.78, 5) is 23.1. The van der Waals surface area contributed by atoms with Crippen molar-refractivity contribution < 1.29 is 9.32 Å². The molecule has 7 heteroatoms. The molecule has 0 spiro atoms. The van der Waals surface area contributed by atoms with E-state index in [2.05, 4.69) is 20.4 Å². The molecule has 134 valence electrons. The van der Waals surface area contributed by atoms with Crippen LogP contribution >= 0.6 is 0 Å². The smallest absolute Gasteiger partial charge is 0.257 e. The van der Waals surface area contributed by atoms with Gasteiger partial charge in [0.25, 0.3) is 5.91 Å². The molecule has 7 nitrogen and oxygen atoms in total. The third kappa shape index (κ3) is 4.24. The third-order valence-corrected chi connectivity index (χ3v) is 3.85. The van der Waals surface area contributed by atoms with Crippen molar-refractivity contribution in [1.29, 1.82) is 0 Å². The van der Waals surface area contributed by atoms with Crippen LogP contribution in [0.25, 0.3) is 0 Å². The summed E-state index contributed by atoms with van der Waals surface area (Å²) in [5.74, 6) is 1.46. The number of nitrogens with one attached hydrogen (secondary N) is 1. The number of carbonyl (C=O) groups excluding carboxylic acids is 1. The number of hydrogen-bond acceptors (Lipinski definition) is 6. The van der Waals surface area contributed by atoms with Crippen LogP contribution in [0, 0.1) is 6.92 Å². The summed E-state index contributed by atoms with van der Waals surface area (Å²) in [7, 11) is 0.